The maximum atomic E-state index is 12.4. The van der Waals surface area contributed by atoms with Crippen molar-refractivity contribution >= 4 is 36.4 Å². The lowest BCUT2D eigenvalue weighted by Gasteiger charge is -2.22. The zero-order valence-corrected chi connectivity index (χ0v) is 15.3. The van der Waals surface area contributed by atoms with Crippen molar-refractivity contribution in [2.75, 3.05) is 31.5 Å². The number of carbonyl (C=O) groups excluding carboxylic acids is 1. The summed E-state index contributed by atoms with van der Waals surface area (Å²) in [6, 6.07) is 6.74. The summed E-state index contributed by atoms with van der Waals surface area (Å²) in [4.78, 5) is 14.9. The average molecular weight is 360 g/mol. The molecular weight excluding hydrogens is 333 g/mol. The van der Waals surface area contributed by atoms with Crippen molar-refractivity contribution in [2.24, 2.45) is 0 Å². The van der Waals surface area contributed by atoms with Gasteiger partial charge in [0, 0.05) is 36.9 Å². The largest absolute Gasteiger partial charge is 0.385 e. The predicted octanol–water partition coefficient (Wildman–Crippen LogP) is 3.10. The number of nitrogens with one attached hydrogen (secondary N) is 2. The Hall–Kier alpha value is -0.970. The lowest BCUT2D eigenvalue weighted by atomic mass is 9.97. The Kier molecular flexibility index (Phi) is 8.17. The summed E-state index contributed by atoms with van der Waals surface area (Å²) in [6.07, 6.45) is 4.73. The number of nitrogens with zero attached hydrogens (tertiary/aromatic N) is 1. The molecule has 2 aliphatic rings. The van der Waals surface area contributed by atoms with Crippen molar-refractivity contribution in [3.63, 3.8) is 0 Å². The maximum absolute atomic E-state index is 12.4. The van der Waals surface area contributed by atoms with Gasteiger partial charge < -0.3 is 10.6 Å². The van der Waals surface area contributed by atoms with E-state index in [1.165, 1.54) is 18.4 Å². The van der Waals surface area contributed by atoms with E-state index >= 15 is 0 Å². The number of benzene rings is 1. The molecule has 1 aromatic rings. The maximum Gasteiger partial charge on any atom is 0.251 e. The van der Waals surface area contributed by atoms with E-state index in [4.69, 9.17) is 0 Å². The van der Waals surface area contributed by atoms with E-state index in [-0.39, 0.29) is 30.7 Å². The van der Waals surface area contributed by atoms with E-state index < -0.39 is 0 Å². The molecule has 0 unspecified atom stereocenters. The third kappa shape index (κ3) is 5.00. The van der Waals surface area contributed by atoms with Crippen molar-refractivity contribution in [3.05, 3.63) is 29.3 Å². The topological polar surface area (TPSA) is 44.4 Å². The first-order chi connectivity index (χ1) is 10.3. The van der Waals surface area contributed by atoms with E-state index in [9.17, 15) is 4.79 Å². The number of carbonyl (C=O) groups is 1. The van der Waals surface area contributed by atoms with Gasteiger partial charge in [0.25, 0.3) is 5.91 Å². The van der Waals surface area contributed by atoms with Crippen LogP contribution in [0.2, 0.25) is 0 Å². The lowest BCUT2D eigenvalue weighted by molar-refractivity contribution is 0.0947. The fourth-order valence-electron chi connectivity index (χ4n) is 3.17. The minimum atomic E-state index is 0. The molecule has 1 amide bonds. The number of rotatable bonds is 6. The molecule has 1 saturated carbocycles. The van der Waals surface area contributed by atoms with Gasteiger partial charge >= 0.3 is 0 Å². The molecule has 130 valence electrons. The zero-order chi connectivity index (χ0) is 14.7. The fourth-order valence-corrected chi connectivity index (χ4v) is 3.17. The number of amides is 1. The molecule has 23 heavy (non-hydrogen) atoms. The number of hydrogen-bond donors (Lipinski definition) is 2. The van der Waals surface area contributed by atoms with Gasteiger partial charge in [0.05, 0.1) is 0 Å². The molecule has 1 aliphatic carbocycles. The van der Waals surface area contributed by atoms with Crippen molar-refractivity contribution in [2.45, 2.75) is 38.6 Å². The molecule has 6 heteroatoms. The molecule has 0 saturated heterocycles. The van der Waals surface area contributed by atoms with Crippen molar-refractivity contribution in [3.8, 4) is 0 Å². The summed E-state index contributed by atoms with van der Waals surface area (Å²) in [5.74, 6) is 0.0717. The quantitative estimate of drug-likeness (QED) is 0.819. The normalized spacial score (nSPS) is 15.7. The summed E-state index contributed by atoms with van der Waals surface area (Å²) < 4.78 is 0. The van der Waals surface area contributed by atoms with Crippen LogP contribution >= 0.6 is 24.8 Å². The van der Waals surface area contributed by atoms with E-state index in [1.807, 2.05) is 12.1 Å². The Morgan fingerprint density at radius 3 is 2.83 bits per heavy atom. The Labute approximate surface area is 151 Å². The van der Waals surface area contributed by atoms with Gasteiger partial charge in [-0.25, -0.2) is 0 Å². The first kappa shape index (κ1) is 20.1. The highest BCUT2D eigenvalue weighted by atomic mass is 35.5. The minimum absolute atomic E-state index is 0. The summed E-state index contributed by atoms with van der Waals surface area (Å²) in [6.45, 7) is 5.97. The number of likely N-dealkylation sites (N-methyl/N-ethyl adjacent to an activating group) is 1. The molecule has 0 spiro atoms. The summed E-state index contributed by atoms with van der Waals surface area (Å²) in [5.41, 5.74) is 3.15. The van der Waals surface area contributed by atoms with Gasteiger partial charge in [0.15, 0.2) is 0 Å². The van der Waals surface area contributed by atoms with Crippen molar-refractivity contribution in [1.29, 1.82) is 0 Å². The van der Waals surface area contributed by atoms with Crippen LogP contribution in [0, 0.1) is 0 Å². The third-order valence-corrected chi connectivity index (χ3v) is 4.49. The first-order valence-corrected chi connectivity index (χ1v) is 8.17. The molecule has 0 bridgehead atoms. The SMILES string of the molecule is CCN(CCNC(=O)c1cccc2c1CCCN2)C1CC1.Cl.Cl. The lowest BCUT2D eigenvalue weighted by Crippen LogP contribution is -2.36. The van der Waals surface area contributed by atoms with Crippen LogP contribution in [0.4, 0.5) is 5.69 Å². The minimum Gasteiger partial charge on any atom is -0.385 e. The van der Waals surface area contributed by atoms with Crippen LogP contribution in [-0.2, 0) is 6.42 Å². The molecule has 1 aliphatic heterocycles. The van der Waals surface area contributed by atoms with Crippen molar-refractivity contribution < 1.29 is 4.79 Å². The number of hydrogen-bond acceptors (Lipinski definition) is 3. The molecule has 0 atom stereocenters. The van der Waals surface area contributed by atoms with E-state index in [0.29, 0.717) is 0 Å². The van der Waals surface area contributed by atoms with E-state index in [0.717, 1.165) is 56.3 Å². The predicted molar refractivity (Wildman–Crippen MR) is 100 cm³/mol. The van der Waals surface area contributed by atoms with Gasteiger partial charge in [-0.1, -0.05) is 13.0 Å². The van der Waals surface area contributed by atoms with Gasteiger partial charge in [0.2, 0.25) is 0 Å². The molecule has 1 heterocycles. The average Bonchev–Trinajstić information content (AvgIpc) is 3.35. The van der Waals surface area contributed by atoms with Gasteiger partial charge in [-0.05, 0) is 49.9 Å². The summed E-state index contributed by atoms with van der Waals surface area (Å²) in [5, 5.41) is 6.46. The van der Waals surface area contributed by atoms with Crippen LogP contribution in [0.5, 0.6) is 0 Å². The van der Waals surface area contributed by atoms with Crippen LogP contribution in [0.25, 0.3) is 0 Å². The smallest absolute Gasteiger partial charge is 0.251 e. The first-order valence-electron chi connectivity index (χ1n) is 8.17. The number of halogens is 2. The Balaban J connectivity index is 0.00000132. The van der Waals surface area contributed by atoms with Gasteiger partial charge in [-0.3, -0.25) is 9.69 Å². The van der Waals surface area contributed by atoms with Gasteiger partial charge in [-0.2, -0.15) is 0 Å². The summed E-state index contributed by atoms with van der Waals surface area (Å²) >= 11 is 0. The second-order valence-electron chi connectivity index (χ2n) is 5.98. The zero-order valence-electron chi connectivity index (χ0n) is 13.6. The summed E-state index contributed by atoms with van der Waals surface area (Å²) in [7, 11) is 0. The molecule has 4 nitrogen and oxygen atoms in total. The Bertz CT molecular complexity index is 521. The van der Waals surface area contributed by atoms with E-state index in [1.54, 1.807) is 0 Å². The number of fused-ring (bicyclic) bond motifs is 1. The molecule has 0 aromatic heterocycles. The molecular formula is C17H27Cl2N3O. The standard InChI is InChI=1S/C17H25N3O.2ClH/c1-2-20(13-8-9-13)12-11-19-17(21)15-5-3-7-16-14(15)6-4-10-18-16;;/h3,5,7,13,18H,2,4,6,8-12H2,1H3,(H,19,21);2*1H. The van der Waals surface area contributed by atoms with Crippen LogP contribution in [-0.4, -0.2) is 43.0 Å². The van der Waals surface area contributed by atoms with Crippen molar-refractivity contribution in [1.82, 2.24) is 10.2 Å². The monoisotopic (exact) mass is 359 g/mol. The molecule has 0 radical (unpaired) electrons. The molecule has 3 rings (SSSR count). The highest BCUT2D eigenvalue weighted by Gasteiger charge is 2.27. The third-order valence-electron chi connectivity index (χ3n) is 4.49. The van der Waals surface area contributed by atoms with E-state index in [2.05, 4.69) is 28.5 Å². The van der Waals surface area contributed by atoms with Crippen LogP contribution in [0.15, 0.2) is 18.2 Å². The Morgan fingerprint density at radius 1 is 1.35 bits per heavy atom. The van der Waals surface area contributed by atoms with Crippen LogP contribution < -0.4 is 10.6 Å². The highest BCUT2D eigenvalue weighted by Crippen LogP contribution is 2.26. The van der Waals surface area contributed by atoms with Crippen LogP contribution in [0.3, 0.4) is 0 Å². The molecule has 1 aromatic carbocycles. The Morgan fingerprint density at radius 2 is 2.13 bits per heavy atom. The number of anilines is 1. The van der Waals surface area contributed by atoms with Crippen LogP contribution in [0.1, 0.15) is 42.1 Å². The fraction of sp³-hybridized carbons (Fsp3) is 0.588. The van der Waals surface area contributed by atoms with Gasteiger partial charge in [-0.15, -0.1) is 24.8 Å². The second kappa shape index (κ2) is 9.36. The van der Waals surface area contributed by atoms with Gasteiger partial charge in [0.1, 0.15) is 0 Å². The molecule has 2 N–H and O–H groups in total. The second-order valence-corrected chi connectivity index (χ2v) is 5.98. The highest BCUT2D eigenvalue weighted by molar-refractivity contribution is 5.97. The molecule has 1 fully saturated rings.